The van der Waals surface area contributed by atoms with Crippen LogP contribution >= 0.6 is 0 Å². The van der Waals surface area contributed by atoms with E-state index < -0.39 is 0 Å². The highest BCUT2D eigenvalue weighted by Gasteiger charge is 2.18. The van der Waals surface area contributed by atoms with E-state index >= 15 is 0 Å². The van der Waals surface area contributed by atoms with Crippen molar-refractivity contribution in [1.82, 2.24) is 10.2 Å². The number of carbonyl (C=O) groups excluding carboxylic acids is 1. The van der Waals surface area contributed by atoms with E-state index in [-0.39, 0.29) is 25.0 Å². The number of carbonyl (C=O) groups is 1. The predicted octanol–water partition coefficient (Wildman–Crippen LogP) is 2.17. The minimum atomic E-state index is -0.0894. The molecule has 1 N–H and O–H groups in total. The number of likely N-dealkylation sites (N-methyl/N-ethyl adjacent to an activating group) is 1. The third kappa shape index (κ3) is 3.19. The van der Waals surface area contributed by atoms with E-state index in [9.17, 15) is 4.79 Å². The maximum atomic E-state index is 11.6. The molecule has 1 aromatic heterocycles. The van der Waals surface area contributed by atoms with Gasteiger partial charge >= 0.3 is 0 Å². The van der Waals surface area contributed by atoms with Crippen molar-refractivity contribution in [2.45, 2.75) is 13.0 Å². The van der Waals surface area contributed by atoms with Gasteiger partial charge in [0.1, 0.15) is 11.3 Å². The molecule has 4 heteroatoms. The van der Waals surface area contributed by atoms with Crippen LogP contribution in [0.25, 0.3) is 11.0 Å². The molecule has 0 aliphatic heterocycles. The van der Waals surface area contributed by atoms with E-state index in [1.807, 2.05) is 49.2 Å². The predicted molar refractivity (Wildman–Crippen MR) is 79.1 cm³/mol. The molecule has 0 spiro atoms. The minimum Gasteiger partial charge on any atom is -0.459 e. The van der Waals surface area contributed by atoms with E-state index in [2.05, 4.69) is 11.2 Å². The Morgan fingerprint density at radius 2 is 2.25 bits per heavy atom. The molecule has 0 saturated carbocycles. The molecule has 2 aromatic rings. The van der Waals surface area contributed by atoms with Crippen molar-refractivity contribution in [3.05, 3.63) is 36.1 Å². The molecule has 0 unspecified atom stereocenters. The lowest BCUT2D eigenvalue weighted by Crippen LogP contribution is -2.36. The molecule has 1 heterocycles. The van der Waals surface area contributed by atoms with E-state index in [1.165, 1.54) is 0 Å². The first kappa shape index (κ1) is 14.2. The van der Waals surface area contributed by atoms with Gasteiger partial charge in [-0.25, -0.2) is 0 Å². The number of nitrogens with zero attached hydrogens (tertiary/aromatic N) is 1. The number of furan rings is 1. The largest absolute Gasteiger partial charge is 0.459 e. The Balaban J connectivity index is 2.04. The van der Waals surface area contributed by atoms with Gasteiger partial charge in [0.15, 0.2) is 0 Å². The third-order valence-electron chi connectivity index (χ3n) is 3.30. The summed E-state index contributed by atoms with van der Waals surface area (Å²) in [5.41, 5.74) is 0.861. The summed E-state index contributed by atoms with van der Waals surface area (Å²) in [6, 6.07) is 9.88. The highest BCUT2D eigenvalue weighted by molar-refractivity contribution is 5.79. The van der Waals surface area contributed by atoms with E-state index in [0.29, 0.717) is 0 Å². The van der Waals surface area contributed by atoms with Crippen molar-refractivity contribution in [3.63, 3.8) is 0 Å². The number of fused-ring (bicyclic) bond motifs is 1. The summed E-state index contributed by atoms with van der Waals surface area (Å²) in [4.78, 5) is 13.6. The van der Waals surface area contributed by atoms with Crippen LogP contribution < -0.4 is 5.32 Å². The van der Waals surface area contributed by atoms with Crippen LogP contribution in [0.5, 0.6) is 0 Å². The molecule has 0 aliphatic rings. The molecule has 1 atom stereocenters. The average Bonchev–Trinajstić information content (AvgIpc) is 2.87. The minimum absolute atomic E-state index is 0.0129. The van der Waals surface area contributed by atoms with Gasteiger partial charge < -0.3 is 9.73 Å². The second-order valence-corrected chi connectivity index (χ2v) is 4.76. The summed E-state index contributed by atoms with van der Waals surface area (Å²) in [7, 11) is 1.88. The maximum Gasteiger partial charge on any atom is 0.234 e. The van der Waals surface area contributed by atoms with Crippen molar-refractivity contribution in [3.8, 4) is 12.3 Å². The van der Waals surface area contributed by atoms with Crippen LogP contribution in [0.1, 0.15) is 18.7 Å². The average molecular weight is 270 g/mol. The zero-order valence-corrected chi connectivity index (χ0v) is 11.7. The Labute approximate surface area is 118 Å². The maximum absolute atomic E-state index is 11.6. The standard InChI is InChI=1S/C16H18N2O2/c1-4-9-17-16(19)11-18(3)12(2)15-10-13-7-5-6-8-14(13)20-15/h1,5-8,10,12H,9,11H2,2-3H3,(H,17,19)/t12-/m1/s1. The molecule has 1 aromatic carbocycles. The van der Waals surface area contributed by atoms with Crippen molar-refractivity contribution >= 4 is 16.9 Å². The Hall–Kier alpha value is -2.25. The van der Waals surface area contributed by atoms with Gasteiger partial charge in [-0.3, -0.25) is 9.69 Å². The van der Waals surface area contributed by atoms with E-state index in [0.717, 1.165) is 16.7 Å². The highest BCUT2D eigenvalue weighted by atomic mass is 16.3. The molecule has 0 saturated heterocycles. The summed E-state index contributed by atoms with van der Waals surface area (Å²) in [6.45, 7) is 2.54. The second kappa shape index (κ2) is 6.27. The van der Waals surface area contributed by atoms with Crippen LogP contribution in [0.3, 0.4) is 0 Å². The fraction of sp³-hybridized carbons (Fsp3) is 0.312. The molecule has 0 radical (unpaired) electrons. The number of nitrogens with one attached hydrogen (secondary N) is 1. The quantitative estimate of drug-likeness (QED) is 0.847. The van der Waals surface area contributed by atoms with Crippen LogP contribution in [0.4, 0.5) is 0 Å². The van der Waals surface area contributed by atoms with Crippen LogP contribution in [0.2, 0.25) is 0 Å². The van der Waals surface area contributed by atoms with Crippen LogP contribution in [-0.2, 0) is 4.79 Å². The van der Waals surface area contributed by atoms with Gasteiger partial charge in [0.2, 0.25) is 5.91 Å². The number of amides is 1. The highest BCUT2D eigenvalue weighted by Crippen LogP contribution is 2.26. The van der Waals surface area contributed by atoms with Gasteiger partial charge in [-0.2, -0.15) is 0 Å². The lowest BCUT2D eigenvalue weighted by atomic mass is 10.2. The van der Waals surface area contributed by atoms with Crippen LogP contribution in [0.15, 0.2) is 34.7 Å². The van der Waals surface area contributed by atoms with E-state index in [4.69, 9.17) is 10.8 Å². The molecule has 104 valence electrons. The molecule has 0 fully saturated rings. The molecule has 4 nitrogen and oxygen atoms in total. The Bertz CT molecular complexity index is 606. The summed E-state index contributed by atoms with van der Waals surface area (Å²) in [5.74, 6) is 3.14. The second-order valence-electron chi connectivity index (χ2n) is 4.76. The smallest absolute Gasteiger partial charge is 0.234 e. The fourth-order valence-corrected chi connectivity index (χ4v) is 1.99. The van der Waals surface area contributed by atoms with Gasteiger partial charge in [-0.1, -0.05) is 24.1 Å². The number of benzene rings is 1. The first-order chi connectivity index (χ1) is 9.61. The Kier molecular flexibility index (Phi) is 4.44. The number of terminal acetylenes is 1. The van der Waals surface area contributed by atoms with Gasteiger partial charge in [0.05, 0.1) is 19.1 Å². The SMILES string of the molecule is C#CCNC(=O)CN(C)[C@H](C)c1cc2ccccc2o1. The molecule has 0 aliphatic carbocycles. The monoisotopic (exact) mass is 270 g/mol. The molecule has 0 bridgehead atoms. The summed E-state index contributed by atoms with van der Waals surface area (Å²) < 4.78 is 5.81. The summed E-state index contributed by atoms with van der Waals surface area (Å²) in [5, 5.41) is 3.72. The van der Waals surface area contributed by atoms with Crippen molar-refractivity contribution in [1.29, 1.82) is 0 Å². The zero-order valence-electron chi connectivity index (χ0n) is 11.7. The van der Waals surface area contributed by atoms with Gasteiger partial charge in [-0.15, -0.1) is 6.42 Å². The van der Waals surface area contributed by atoms with Gasteiger partial charge in [0.25, 0.3) is 0 Å². The molecule has 20 heavy (non-hydrogen) atoms. The van der Waals surface area contributed by atoms with Crippen molar-refractivity contribution < 1.29 is 9.21 Å². The first-order valence-corrected chi connectivity index (χ1v) is 6.50. The number of para-hydroxylation sites is 1. The number of hydrogen-bond donors (Lipinski definition) is 1. The van der Waals surface area contributed by atoms with Crippen molar-refractivity contribution in [2.75, 3.05) is 20.1 Å². The topological polar surface area (TPSA) is 45.5 Å². The normalized spacial score (nSPS) is 12.3. The number of hydrogen-bond acceptors (Lipinski definition) is 3. The first-order valence-electron chi connectivity index (χ1n) is 6.50. The molecule has 2 rings (SSSR count). The third-order valence-corrected chi connectivity index (χ3v) is 3.30. The lowest BCUT2D eigenvalue weighted by molar-refractivity contribution is -0.122. The Morgan fingerprint density at radius 1 is 1.50 bits per heavy atom. The summed E-state index contributed by atoms with van der Waals surface area (Å²) >= 11 is 0. The summed E-state index contributed by atoms with van der Waals surface area (Å²) in [6.07, 6.45) is 5.11. The van der Waals surface area contributed by atoms with Crippen LogP contribution in [0, 0.1) is 12.3 Å². The van der Waals surface area contributed by atoms with Crippen LogP contribution in [-0.4, -0.2) is 30.9 Å². The van der Waals surface area contributed by atoms with E-state index in [1.54, 1.807) is 0 Å². The molecular formula is C16H18N2O2. The molecular weight excluding hydrogens is 252 g/mol. The zero-order chi connectivity index (χ0) is 14.5. The van der Waals surface area contributed by atoms with Gasteiger partial charge in [0, 0.05) is 5.39 Å². The lowest BCUT2D eigenvalue weighted by Gasteiger charge is -2.21. The molecule has 1 amide bonds. The number of rotatable bonds is 5. The van der Waals surface area contributed by atoms with Crippen molar-refractivity contribution in [2.24, 2.45) is 0 Å². The Morgan fingerprint density at radius 3 is 2.95 bits per heavy atom. The van der Waals surface area contributed by atoms with Gasteiger partial charge in [-0.05, 0) is 26.1 Å². The fourth-order valence-electron chi connectivity index (χ4n) is 1.99.